The van der Waals surface area contributed by atoms with Gasteiger partial charge in [0.2, 0.25) is 0 Å². The van der Waals surface area contributed by atoms with E-state index in [1.807, 2.05) is 6.07 Å². The topological polar surface area (TPSA) is 29.5 Å². The zero-order valence-electron chi connectivity index (χ0n) is 12.0. The number of rotatable bonds is 2. The van der Waals surface area contributed by atoms with E-state index in [0.29, 0.717) is 5.92 Å². The Hall–Kier alpha value is -1.02. The van der Waals surface area contributed by atoms with Crippen molar-refractivity contribution in [1.29, 1.82) is 0 Å². The molecule has 1 aliphatic carbocycles. The van der Waals surface area contributed by atoms with Crippen molar-refractivity contribution < 1.29 is 9.84 Å². The molecule has 2 atom stereocenters. The zero-order valence-corrected chi connectivity index (χ0v) is 12.0. The number of benzene rings is 1. The highest BCUT2D eigenvalue weighted by Crippen LogP contribution is 2.48. The van der Waals surface area contributed by atoms with Crippen molar-refractivity contribution >= 4 is 0 Å². The Morgan fingerprint density at radius 3 is 2.95 bits per heavy atom. The molecule has 2 aliphatic rings. The average molecular weight is 260 g/mol. The van der Waals surface area contributed by atoms with Crippen LogP contribution < -0.4 is 4.74 Å². The molecule has 2 heteroatoms. The van der Waals surface area contributed by atoms with E-state index in [0.717, 1.165) is 30.8 Å². The second-order valence-corrected chi connectivity index (χ2v) is 6.72. The lowest BCUT2D eigenvalue weighted by Gasteiger charge is -2.41. The molecule has 19 heavy (non-hydrogen) atoms. The minimum Gasteiger partial charge on any atom is -0.493 e. The molecule has 104 valence electrons. The third kappa shape index (κ3) is 2.27. The molecule has 2 unspecified atom stereocenters. The van der Waals surface area contributed by atoms with E-state index in [2.05, 4.69) is 26.0 Å². The van der Waals surface area contributed by atoms with Crippen LogP contribution in [-0.4, -0.2) is 11.7 Å². The zero-order chi connectivity index (χ0) is 13.5. The first-order valence-corrected chi connectivity index (χ1v) is 7.52. The fraction of sp³-hybridized carbons (Fsp3) is 0.647. The Labute approximate surface area is 115 Å². The van der Waals surface area contributed by atoms with Crippen LogP contribution in [0.4, 0.5) is 0 Å². The van der Waals surface area contributed by atoms with Gasteiger partial charge in [-0.3, -0.25) is 0 Å². The predicted octanol–water partition coefficient (Wildman–Crippen LogP) is 3.87. The number of aliphatic hydroxyl groups is 1. The predicted molar refractivity (Wildman–Crippen MR) is 76.3 cm³/mol. The molecule has 1 N–H and O–H groups in total. The second-order valence-electron chi connectivity index (χ2n) is 6.72. The number of ether oxygens (including phenoxy) is 1. The van der Waals surface area contributed by atoms with Crippen molar-refractivity contribution in [3.8, 4) is 5.75 Å². The minimum absolute atomic E-state index is 0.221. The lowest BCUT2D eigenvalue weighted by Crippen LogP contribution is -2.32. The lowest BCUT2D eigenvalue weighted by molar-refractivity contribution is 0.00267. The summed E-state index contributed by atoms with van der Waals surface area (Å²) in [7, 11) is 0. The van der Waals surface area contributed by atoms with Gasteiger partial charge in [0.25, 0.3) is 0 Å². The van der Waals surface area contributed by atoms with Crippen molar-refractivity contribution in [2.24, 2.45) is 11.3 Å². The van der Waals surface area contributed by atoms with Gasteiger partial charge in [-0.25, -0.2) is 0 Å². The first-order valence-electron chi connectivity index (χ1n) is 7.52. The second kappa shape index (κ2) is 4.82. The quantitative estimate of drug-likeness (QED) is 0.874. The Balaban J connectivity index is 1.92. The molecule has 0 bridgehead atoms. The Bertz CT molecular complexity index is 464. The highest BCUT2D eigenvalue weighted by atomic mass is 16.5. The smallest absolute Gasteiger partial charge is 0.128 e. The minimum atomic E-state index is -0.386. The molecule has 2 nitrogen and oxygen atoms in total. The van der Waals surface area contributed by atoms with Gasteiger partial charge in [0.1, 0.15) is 5.75 Å². The molecule has 1 aromatic carbocycles. The fourth-order valence-electron chi connectivity index (χ4n) is 3.80. The third-order valence-corrected chi connectivity index (χ3v) is 5.03. The number of hydrogen-bond donors (Lipinski definition) is 1. The third-order valence-electron chi connectivity index (χ3n) is 5.03. The van der Waals surface area contributed by atoms with E-state index in [1.165, 1.54) is 24.8 Å². The van der Waals surface area contributed by atoms with Gasteiger partial charge in [-0.15, -0.1) is 0 Å². The van der Waals surface area contributed by atoms with Crippen LogP contribution in [0.3, 0.4) is 0 Å². The molecule has 0 spiro atoms. The summed E-state index contributed by atoms with van der Waals surface area (Å²) in [6.45, 7) is 5.35. The summed E-state index contributed by atoms with van der Waals surface area (Å²) in [6, 6.07) is 6.21. The molecule has 0 radical (unpaired) electrons. The van der Waals surface area contributed by atoms with E-state index in [1.54, 1.807) is 0 Å². The summed E-state index contributed by atoms with van der Waals surface area (Å²) in [6.07, 6.45) is 5.45. The van der Waals surface area contributed by atoms with Crippen molar-refractivity contribution in [2.45, 2.75) is 52.1 Å². The summed E-state index contributed by atoms with van der Waals surface area (Å²) >= 11 is 0. The molecule has 1 aliphatic heterocycles. The Kier molecular flexibility index (Phi) is 3.30. The molecule has 1 aromatic rings. The SMILES string of the molecule is CC1(C)CCCCC1C(O)c1cccc2c1OCC2. The van der Waals surface area contributed by atoms with Crippen LogP contribution in [0.15, 0.2) is 18.2 Å². The van der Waals surface area contributed by atoms with Crippen molar-refractivity contribution in [3.63, 3.8) is 0 Å². The molecule has 1 heterocycles. The molecule has 1 fully saturated rings. The summed E-state index contributed by atoms with van der Waals surface area (Å²) in [5, 5.41) is 10.9. The summed E-state index contributed by atoms with van der Waals surface area (Å²) in [5.41, 5.74) is 2.49. The van der Waals surface area contributed by atoms with Crippen LogP contribution in [0, 0.1) is 11.3 Å². The van der Waals surface area contributed by atoms with Gasteiger partial charge in [0, 0.05) is 12.0 Å². The number of fused-ring (bicyclic) bond motifs is 1. The van der Waals surface area contributed by atoms with E-state index >= 15 is 0 Å². The maximum Gasteiger partial charge on any atom is 0.128 e. The molecular weight excluding hydrogens is 236 g/mol. The van der Waals surface area contributed by atoms with Gasteiger partial charge in [0.05, 0.1) is 12.7 Å². The van der Waals surface area contributed by atoms with Crippen LogP contribution >= 0.6 is 0 Å². The van der Waals surface area contributed by atoms with Gasteiger partial charge in [0.15, 0.2) is 0 Å². The molecule has 0 amide bonds. The molecule has 0 saturated heterocycles. The fourth-order valence-corrected chi connectivity index (χ4v) is 3.80. The molecule has 3 rings (SSSR count). The van der Waals surface area contributed by atoms with Crippen molar-refractivity contribution in [3.05, 3.63) is 29.3 Å². The Morgan fingerprint density at radius 2 is 2.16 bits per heavy atom. The summed E-state index contributed by atoms with van der Waals surface area (Å²) < 4.78 is 5.75. The maximum absolute atomic E-state index is 10.9. The molecular formula is C17H24O2. The van der Waals surface area contributed by atoms with E-state index < -0.39 is 0 Å². The molecule has 0 aromatic heterocycles. The number of hydrogen-bond acceptors (Lipinski definition) is 2. The lowest BCUT2D eigenvalue weighted by atomic mass is 9.65. The van der Waals surface area contributed by atoms with E-state index in [9.17, 15) is 5.11 Å². The van der Waals surface area contributed by atoms with Crippen molar-refractivity contribution in [2.75, 3.05) is 6.61 Å². The summed E-state index contributed by atoms with van der Waals surface area (Å²) in [4.78, 5) is 0. The van der Waals surface area contributed by atoms with Crippen LogP contribution in [0.1, 0.15) is 56.8 Å². The van der Waals surface area contributed by atoms with Gasteiger partial charge in [-0.2, -0.15) is 0 Å². The highest BCUT2D eigenvalue weighted by Gasteiger charge is 2.38. The van der Waals surface area contributed by atoms with Crippen LogP contribution in [0.2, 0.25) is 0 Å². The van der Waals surface area contributed by atoms with Crippen LogP contribution in [-0.2, 0) is 6.42 Å². The van der Waals surface area contributed by atoms with Gasteiger partial charge < -0.3 is 9.84 Å². The number of aliphatic hydroxyl groups excluding tert-OH is 1. The van der Waals surface area contributed by atoms with Gasteiger partial charge in [-0.05, 0) is 29.7 Å². The van der Waals surface area contributed by atoms with E-state index in [4.69, 9.17) is 4.74 Å². The largest absolute Gasteiger partial charge is 0.493 e. The van der Waals surface area contributed by atoms with Crippen LogP contribution in [0.25, 0.3) is 0 Å². The number of para-hydroxylation sites is 1. The van der Waals surface area contributed by atoms with E-state index in [-0.39, 0.29) is 11.5 Å². The van der Waals surface area contributed by atoms with Gasteiger partial charge >= 0.3 is 0 Å². The maximum atomic E-state index is 10.9. The summed E-state index contributed by atoms with van der Waals surface area (Å²) in [5.74, 6) is 1.30. The normalized spacial score (nSPS) is 26.6. The van der Waals surface area contributed by atoms with Crippen molar-refractivity contribution in [1.82, 2.24) is 0 Å². The highest BCUT2D eigenvalue weighted by molar-refractivity contribution is 5.45. The first kappa shape index (κ1) is 13.0. The molecule has 1 saturated carbocycles. The first-order chi connectivity index (χ1) is 9.09. The van der Waals surface area contributed by atoms with Crippen LogP contribution in [0.5, 0.6) is 5.75 Å². The Morgan fingerprint density at radius 1 is 1.32 bits per heavy atom. The monoisotopic (exact) mass is 260 g/mol. The standard InChI is InChI=1S/C17H24O2/c1-17(2)10-4-3-8-14(17)15(18)13-7-5-6-12-9-11-19-16(12)13/h5-7,14-15,18H,3-4,8-11H2,1-2H3. The van der Waals surface area contributed by atoms with Gasteiger partial charge in [-0.1, -0.05) is 44.9 Å². The average Bonchev–Trinajstić information content (AvgIpc) is 2.85.